The first kappa shape index (κ1) is 22.8. The van der Waals surface area contributed by atoms with Gasteiger partial charge in [0.1, 0.15) is 0 Å². The Hall–Kier alpha value is -2.88. The minimum Gasteiger partial charge on any atom is -0.324 e. The summed E-state index contributed by atoms with van der Waals surface area (Å²) in [5, 5.41) is 14.0. The maximum atomic E-state index is 12.9. The lowest BCUT2D eigenvalue weighted by atomic mass is 10.2. The van der Waals surface area contributed by atoms with Crippen LogP contribution >= 0.6 is 35.0 Å². The number of benzene rings is 2. The zero-order chi connectivity index (χ0) is 22.7. The Balaban J connectivity index is 1.88. The molecule has 31 heavy (non-hydrogen) atoms. The molecule has 2 aromatic carbocycles. The van der Waals surface area contributed by atoms with Crippen LogP contribution in [0.25, 0.3) is 10.9 Å². The van der Waals surface area contributed by atoms with Crippen LogP contribution in [0, 0.1) is 10.1 Å². The van der Waals surface area contributed by atoms with Crippen LogP contribution in [0.15, 0.2) is 59.0 Å². The SMILES string of the molecule is C=CCn1c(SC(C)C(=O)Nc2ccc([N+](=O)[O-])cc2Cl)nc2cc(Cl)ccc2c1=O. The van der Waals surface area contributed by atoms with Gasteiger partial charge in [0.15, 0.2) is 5.16 Å². The van der Waals surface area contributed by atoms with Gasteiger partial charge in [-0.15, -0.1) is 6.58 Å². The largest absolute Gasteiger partial charge is 0.324 e. The molecule has 1 amide bonds. The lowest BCUT2D eigenvalue weighted by Gasteiger charge is -2.16. The van der Waals surface area contributed by atoms with Gasteiger partial charge in [0, 0.05) is 23.7 Å². The normalized spacial score (nSPS) is 11.8. The first-order chi connectivity index (χ1) is 14.7. The van der Waals surface area contributed by atoms with Crippen LogP contribution in [0.5, 0.6) is 0 Å². The molecule has 1 N–H and O–H groups in total. The summed E-state index contributed by atoms with van der Waals surface area (Å²) in [4.78, 5) is 40.3. The standard InChI is InChI=1S/C20H16Cl2N4O4S/c1-3-8-25-19(28)14-6-4-12(21)9-17(14)24-20(25)31-11(2)18(27)23-16-7-5-13(26(29)30)10-15(16)22/h3-7,9-11H,1,8H2,2H3,(H,23,27). The molecule has 1 unspecified atom stereocenters. The molecular weight excluding hydrogens is 463 g/mol. The highest BCUT2D eigenvalue weighted by molar-refractivity contribution is 8.00. The van der Waals surface area contributed by atoms with Crippen molar-refractivity contribution in [1.29, 1.82) is 0 Å². The Bertz CT molecular complexity index is 1260. The van der Waals surface area contributed by atoms with Crippen molar-refractivity contribution < 1.29 is 9.72 Å². The number of amides is 1. The van der Waals surface area contributed by atoms with Gasteiger partial charge in [-0.3, -0.25) is 24.3 Å². The molecule has 0 bridgehead atoms. The molecule has 0 spiro atoms. The molecule has 1 aromatic heterocycles. The summed E-state index contributed by atoms with van der Waals surface area (Å²) in [6.07, 6.45) is 1.57. The smallest absolute Gasteiger partial charge is 0.271 e. The molecule has 3 aromatic rings. The summed E-state index contributed by atoms with van der Waals surface area (Å²) < 4.78 is 1.43. The fraction of sp³-hybridized carbons (Fsp3) is 0.150. The molecule has 0 fully saturated rings. The van der Waals surface area contributed by atoms with Crippen molar-refractivity contribution in [2.45, 2.75) is 23.9 Å². The number of hydrogen-bond acceptors (Lipinski definition) is 6. The lowest BCUT2D eigenvalue weighted by molar-refractivity contribution is -0.384. The number of nitro groups is 1. The van der Waals surface area contributed by atoms with E-state index in [1.165, 1.54) is 16.7 Å². The number of anilines is 1. The molecule has 0 radical (unpaired) electrons. The highest BCUT2D eigenvalue weighted by Crippen LogP contribution is 2.29. The second-order valence-electron chi connectivity index (χ2n) is 6.43. The van der Waals surface area contributed by atoms with E-state index in [0.29, 0.717) is 21.1 Å². The number of halogens is 2. The number of hydrogen-bond donors (Lipinski definition) is 1. The predicted octanol–water partition coefficient (Wildman–Crippen LogP) is 4.92. The molecule has 0 saturated carbocycles. The van der Waals surface area contributed by atoms with Gasteiger partial charge in [0.05, 0.1) is 31.8 Å². The molecule has 8 nitrogen and oxygen atoms in total. The average Bonchev–Trinajstić information content (AvgIpc) is 2.71. The number of non-ortho nitro benzene ring substituents is 1. The summed E-state index contributed by atoms with van der Waals surface area (Å²) in [6, 6.07) is 8.57. The third kappa shape index (κ3) is 5.07. The molecule has 0 saturated heterocycles. The Kier molecular flexibility index (Phi) is 6.99. The number of carbonyl (C=O) groups is 1. The zero-order valence-electron chi connectivity index (χ0n) is 16.2. The third-order valence-electron chi connectivity index (χ3n) is 4.27. The van der Waals surface area contributed by atoms with E-state index >= 15 is 0 Å². The van der Waals surface area contributed by atoms with Gasteiger partial charge in [0.2, 0.25) is 5.91 Å². The molecule has 1 heterocycles. The maximum Gasteiger partial charge on any atom is 0.271 e. The third-order valence-corrected chi connectivity index (χ3v) is 5.90. The maximum absolute atomic E-state index is 12.9. The number of allylic oxidation sites excluding steroid dienone is 1. The Morgan fingerprint density at radius 3 is 2.74 bits per heavy atom. The minimum absolute atomic E-state index is 0.0433. The molecular formula is C20H16Cl2N4O4S. The lowest BCUT2D eigenvalue weighted by Crippen LogP contribution is -2.27. The van der Waals surface area contributed by atoms with E-state index in [1.807, 2.05) is 0 Å². The van der Waals surface area contributed by atoms with Gasteiger partial charge in [0.25, 0.3) is 11.2 Å². The Morgan fingerprint density at radius 1 is 1.35 bits per heavy atom. The van der Waals surface area contributed by atoms with Crippen molar-refractivity contribution in [1.82, 2.24) is 9.55 Å². The van der Waals surface area contributed by atoms with Crippen LogP contribution < -0.4 is 10.9 Å². The molecule has 1 atom stereocenters. The molecule has 3 rings (SSSR count). The van der Waals surface area contributed by atoms with Crippen LogP contribution in [-0.2, 0) is 11.3 Å². The highest BCUT2D eigenvalue weighted by atomic mass is 35.5. The minimum atomic E-state index is -0.661. The Labute approximate surface area is 191 Å². The van der Waals surface area contributed by atoms with E-state index < -0.39 is 16.1 Å². The van der Waals surface area contributed by atoms with Crippen molar-refractivity contribution in [3.8, 4) is 0 Å². The topological polar surface area (TPSA) is 107 Å². The predicted molar refractivity (Wildman–Crippen MR) is 123 cm³/mol. The molecule has 0 aliphatic heterocycles. The average molecular weight is 479 g/mol. The number of rotatable bonds is 7. The van der Waals surface area contributed by atoms with E-state index in [2.05, 4.69) is 16.9 Å². The fourth-order valence-electron chi connectivity index (χ4n) is 2.72. The number of nitrogens with one attached hydrogen (secondary N) is 1. The Morgan fingerprint density at radius 2 is 2.10 bits per heavy atom. The zero-order valence-corrected chi connectivity index (χ0v) is 18.5. The quantitative estimate of drug-likeness (QED) is 0.170. The number of nitro benzene ring substituents is 1. The van der Waals surface area contributed by atoms with Crippen LogP contribution in [-0.4, -0.2) is 25.6 Å². The fourth-order valence-corrected chi connectivity index (χ4v) is 4.03. The van der Waals surface area contributed by atoms with Crippen LogP contribution in [0.2, 0.25) is 10.0 Å². The van der Waals surface area contributed by atoms with Gasteiger partial charge in [-0.2, -0.15) is 0 Å². The summed E-state index contributed by atoms with van der Waals surface area (Å²) in [5.74, 6) is -0.411. The van der Waals surface area contributed by atoms with Crippen molar-refractivity contribution in [2.75, 3.05) is 5.32 Å². The number of nitrogens with zero attached hydrogens (tertiary/aromatic N) is 3. The van der Waals surface area contributed by atoms with Crippen molar-refractivity contribution in [2.24, 2.45) is 0 Å². The van der Waals surface area contributed by atoms with Crippen molar-refractivity contribution in [3.05, 3.63) is 79.6 Å². The van der Waals surface area contributed by atoms with E-state index in [0.717, 1.165) is 17.8 Å². The van der Waals surface area contributed by atoms with Crippen molar-refractivity contribution >= 4 is 63.1 Å². The number of fused-ring (bicyclic) bond motifs is 1. The monoisotopic (exact) mass is 478 g/mol. The molecule has 0 aliphatic rings. The summed E-state index contributed by atoms with van der Waals surface area (Å²) in [5.41, 5.74) is 0.214. The second kappa shape index (κ2) is 9.51. The van der Waals surface area contributed by atoms with Crippen LogP contribution in [0.4, 0.5) is 11.4 Å². The second-order valence-corrected chi connectivity index (χ2v) is 8.58. The van der Waals surface area contributed by atoms with Gasteiger partial charge in [-0.05, 0) is 31.2 Å². The van der Waals surface area contributed by atoms with E-state index in [4.69, 9.17) is 23.2 Å². The first-order valence-corrected chi connectivity index (χ1v) is 10.6. The van der Waals surface area contributed by atoms with Gasteiger partial charge >= 0.3 is 0 Å². The molecule has 160 valence electrons. The summed E-state index contributed by atoms with van der Waals surface area (Å²) in [7, 11) is 0. The van der Waals surface area contributed by atoms with Crippen LogP contribution in [0.1, 0.15) is 6.92 Å². The number of aromatic nitrogens is 2. The van der Waals surface area contributed by atoms with E-state index in [-0.39, 0.29) is 28.5 Å². The first-order valence-electron chi connectivity index (χ1n) is 8.93. The van der Waals surface area contributed by atoms with E-state index in [1.54, 1.807) is 31.2 Å². The molecule has 0 aliphatic carbocycles. The number of carbonyl (C=O) groups excluding carboxylic acids is 1. The summed E-state index contributed by atoms with van der Waals surface area (Å²) >= 11 is 13.2. The van der Waals surface area contributed by atoms with Crippen LogP contribution in [0.3, 0.4) is 0 Å². The van der Waals surface area contributed by atoms with Gasteiger partial charge in [-0.25, -0.2) is 4.98 Å². The number of thioether (sulfide) groups is 1. The van der Waals surface area contributed by atoms with E-state index in [9.17, 15) is 19.7 Å². The van der Waals surface area contributed by atoms with Crippen molar-refractivity contribution in [3.63, 3.8) is 0 Å². The highest BCUT2D eigenvalue weighted by Gasteiger charge is 2.21. The van der Waals surface area contributed by atoms with Gasteiger partial charge < -0.3 is 5.32 Å². The van der Waals surface area contributed by atoms with Gasteiger partial charge in [-0.1, -0.05) is 41.0 Å². The summed E-state index contributed by atoms with van der Waals surface area (Å²) in [6.45, 7) is 5.53. The molecule has 11 heteroatoms.